The second-order valence-corrected chi connectivity index (χ2v) is 5.50. The van der Waals surface area contributed by atoms with E-state index in [2.05, 4.69) is 0 Å². The fraction of sp³-hybridized carbons (Fsp3) is 0.800. The number of carbonyl (C=O) groups is 3. The van der Waals surface area contributed by atoms with Crippen LogP contribution in [-0.4, -0.2) is 34.3 Å². The van der Waals surface area contributed by atoms with Gasteiger partial charge in [0.1, 0.15) is 0 Å². The lowest BCUT2D eigenvalue weighted by Gasteiger charge is -2.28. The Balaban J connectivity index is 0.000000956. The molecule has 1 N–H and O–H groups in total. The van der Waals surface area contributed by atoms with Crippen molar-refractivity contribution in [1.82, 2.24) is 4.90 Å². The molecule has 2 rings (SSSR count). The van der Waals surface area contributed by atoms with Crippen molar-refractivity contribution in [3.63, 3.8) is 0 Å². The molecule has 0 radical (unpaired) electrons. The Bertz CT molecular complexity index is 372. The first-order valence-corrected chi connectivity index (χ1v) is 7.56. The summed E-state index contributed by atoms with van der Waals surface area (Å²) >= 11 is 0. The summed E-state index contributed by atoms with van der Waals surface area (Å²) in [6.07, 6.45) is 3.23. The molecule has 1 heterocycles. The predicted octanol–water partition coefficient (Wildman–Crippen LogP) is 2.30. The zero-order valence-corrected chi connectivity index (χ0v) is 12.6. The summed E-state index contributed by atoms with van der Waals surface area (Å²) in [5.74, 6) is -1.03. The molecule has 2 amide bonds. The van der Waals surface area contributed by atoms with Gasteiger partial charge >= 0.3 is 5.97 Å². The van der Waals surface area contributed by atoms with E-state index in [0.717, 1.165) is 12.8 Å². The number of likely N-dealkylation sites (tertiary alicyclic amines) is 1. The van der Waals surface area contributed by atoms with Crippen LogP contribution in [0, 0.1) is 17.8 Å². The standard InChI is InChI=1S/C13H19NO4.C2H6/c1-8-6-11(15)14(12(8)16)7-9-2-4-10(5-3-9)13(17)18;1-2/h8-10H,2-7H2,1H3,(H,17,18);1-2H3. The molecular weight excluding hydrogens is 258 g/mol. The van der Waals surface area contributed by atoms with Crippen LogP contribution in [0.5, 0.6) is 0 Å². The minimum absolute atomic E-state index is 0.0691. The number of aliphatic carboxylic acids is 1. The number of carboxylic acids is 1. The van der Waals surface area contributed by atoms with Crippen molar-refractivity contribution in [1.29, 1.82) is 0 Å². The molecule has 20 heavy (non-hydrogen) atoms. The van der Waals surface area contributed by atoms with Crippen LogP contribution >= 0.6 is 0 Å². The molecule has 2 aliphatic rings. The van der Waals surface area contributed by atoms with Crippen molar-refractivity contribution in [3.8, 4) is 0 Å². The molecule has 0 aromatic heterocycles. The molecule has 1 atom stereocenters. The van der Waals surface area contributed by atoms with Crippen LogP contribution in [-0.2, 0) is 14.4 Å². The minimum atomic E-state index is -0.726. The van der Waals surface area contributed by atoms with Crippen molar-refractivity contribution < 1.29 is 19.5 Å². The number of hydrogen-bond acceptors (Lipinski definition) is 3. The highest BCUT2D eigenvalue weighted by atomic mass is 16.4. The fourth-order valence-corrected chi connectivity index (χ4v) is 2.89. The van der Waals surface area contributed by atoms with Gasteiger partial charge in [-0.3, -0.25) is 19.3 Å². The van der Waals surface area contributed by atoms with E-state index in [4.69, 9.17) is 5.11 Å². The van der Waals surface area contributed by atoms with E-state index >= 15 is 0 Å². The van der Waals surface area contributed by atoms with E-state index in [1.165, 1.54) is 4.90 Å². The van der Waals surface area contributed by atoms with Crippen LogP contribution in [0.25, 0.3) is 0 Å². The zero-order valence-electron chi connectivity index (χ0n) is 12.6. The van der Waals surface area contributed by atoms with Gasteiger partial charge in [0.25, 0.3) is 0 Å². The second-order valence-electron chi connectivity index (χ2n) is 5.50. The van der Waals surface area contributed by atoms with Crippen LogP contribution < -0.4 is 0 Å². The Morgan fingerprint density at radius 3 is 2.15 bits per heavy atom. The summed E-state index contributed by atoms with van der Waals surface area (Å²) in [4.78, 5) is 35.6. The van der Waals surface area contributed by atoms with Crippen LogP contribution in [0.15, 0.2) is 0 Å². The summed E-state index contributed by atoms with van der Waals surface area (Å²) in [5.41, 5.74) is 0. The molecule has 5 nitrogen and oxygen atoms in total. The second kappa shape index (κ2) is 7.41. The number of carbonyl (C=O) groups excluding carboxylic acids is 2. The van der Waals surface area contributed by atoms with Crippen LogP contribution in [0.2, 0.25) is 0 Å². The van der Waals surface area contributed by atoms with Crippen molar-refractivity contribution >= 4 is 17.8 Å². The summed E-state index contributed by atoms with van der Waals surface area (Å²) in [6, 6.07) is 0. The average molecular weight is 283 g/mol. The maximum Gasteiger partial charge on any atom is 0.306 e. The molecule has 114 valence electrons. The predicted molar refractivity (Wildman–Crippen MR) is 74.9 cm³/mol. The molecule has 2 fully saturated rings. The van der Waals surface area contributed by atoms with Crippen molar-refractivity contribution in [3.05, 3.63) is 0 Å². The molecule has 0 aromatic rings. The van der Waals surface area contributed by atoms with E-state index in [1.54, 1.807) is 6.92 Å². The Hall–Kier alpha value is -1.39. The molecule has 1 saturated heterocycles. The lowest BCUT2D eigenvalue weighted by Crippen LogP contribution is -2.36. The van der Waals surface area contributed by atoms with Crippen molar-refractivity contribution in [2.75, 3.05) is 6.54 Å². The van der Waals surface area contributed by atoms with Gasteiger partial charge in [0.2, 0.25) is 11.8 Å². The van der Waals surface area contributed by atoms with Gasteiger partial charge in [-0.15, -0.1) is 0 Å². The highest BCUT2D eigenvalue weighted by Gasteiger charge is 2.37. The van der Waals surface area contributed by atoms with E-state index in [0.29, 0.717) is 25.8 Å². The first-order chi connectivity index (χ1) is 9.49. The third kappa shape index (κ3) is 3.81. The third-order valence-corrected chi connectivity index (χ3v) is 4.11. The Kier molecular flexibility index (Phi) is 6.17. The van der Waals surface area contributed by atoms with Gasteiger partial charge in [-0.25, -0.2) is 0 Å². The van der Waals surface area contributed by atoms with Crippen molar-refractivity contribution in [2.24, 2.45) is 17.8 Å². The lowest BCUT2D eigenvalue weighted by atomic mass is 9.82. The van der Waals surface area contributed by atoms with E-state index < -0.39 is 5.97 Å². The SMILES string of the molecule is CC.CC1CC(=O)N(CC2CCC(C(=O)O)CC2)C1=O. The van der Waals surface area contributed by atoms with Gasteiger partial charge in [-0.2, -0.15) is 0 Å². The number of hydrogen-bond donors (Lipinski definition) is 1. The molecule has 0 spiro atoms. The number of nitrogens with zero attached hydrogens (tertiary/aromatic N) is 1. The van der Waals surface area contributed by atoms with Crippen LogP contribution in [0.3, 0.4) is 0 Å². The maximum atomic E-state index is 11.8. The molecule has 1 aliphatic heterocycles. The topological polar surface area (TPSA) is 74.7 Å². The monoisotopic (exact) mass is 283 g/mol. The number of amides is 2. The van der Waals surface area contributed by atoms with Gasteiger partial charge in [0.05, 0.1) is 5.92 Å². The van der Waals surface area contributed by atoms with E-state index in [-0.39, 0.29) is 29.6 Å². The van der Waals surface area contributed by atoms with Gasteiger partial charge < -0.3 is 5.11 Å². The quantitative estimate of drug-likeness (QED) is 0.806. The summed E-state index contributed by atoms with van der Waals surface area (Å²) < 4.78 is 0. The van der Waals surface area contributed by atoms with Crippen molar-refractivity contribution in [2.45, 2.75) is 52.9 Å². The average Bonchev–Trinajstić information content (AvgIpc) is 2.68. The molecule has 5 heteroatoms. The van der Waals surface area contributed by atoms with Gasteiger partial charge in [0.15, 0.2) is 0 Å². The Labute approximate surface area is 120 Å². The first kappa shape index (κ1) is 16.7. The van der Waals surface area contributed by atoms with Gasteiger partial charge in [-0.1, -0.05) is 20.8 Å². The molecular formula is C15H25NO4. The zero-order chi connectivity index (χ0) is 15.3. The molecule has 0 aromatic carbocycles. The Morgan fingerprint density at radius 1 is 1.20 bits per heavy atom. The Morgan fingerprint density at radius 2 is 1.75 bits per heavy atom. The fourth-order valence-electron chi connectivity index (χ4n) is 2.89. The summed E-state index contributed by atoms with van der Waals surface area (Å²) in [6.45, 7) is 6.26. The smallest absolute Gasteiger partial charge is 0.306 e. The summed E-state index contributed by atoms with van der Waals surface area (Å²) in [5, 5.41) is 8.91. The normalized spacial score (nSPS) is 29.9. The maximum absolute atomic E-state index is 11.8. The molecule has 1 unspecified atom stereocenters. The third-order valence-electron chi connectivity index (χ3n) is 4.11. The number of imide groups is 1. The van der Waals surface area contributed by atoms with E-state index in [1.807, 2.05) is 13.8 Å². The largest absolute Gasteiger partial charge is 0.481 e. The first-order valence-electron chi connectivity index (χ1n) is 7.56. The molecule has 0 bridgehead atoms. The molecule has 1 aliphatic carbocycles. The summed E-state index contributed by atoms with van der Waals surface area (Å²) in [7, 11) is 0. The highest BCUT2D eigenvalue weighted by Crippen LogP contribution is 2.31. The lowest BCUT2D eigenvalue weighted by molar-refractivity contribution is -0.144. The number of carboxylic acid groups (broad SMARTS) is 1. The highest BCUT2D eigenvalue weighted by molar-refractivity contribution is 6.03. The van der Waals surface area contributed by atoms with Gasteiger partial charge in [0, 0.05) is 18.9 Å². The van der Waals surface area contributed by atoms with Crippen LogP contribution in [0.4, 0.5) is 0 Å². The van der Waals surface area contributed by atoms with Crippen LogP contribution in [0.1, 0.15) is 52.9 Å². The number of rotatable bonds is 3. The minimum Gasteiger partial charge on any atom is -0.481 e. The molecule has 1 saturated carbocycles. The van der Waals surface area contributed by atoms with Gasteiger partial charge in [-0.05, 0) is 31.6 Å². The van der Waals surface area contributed by atoms with E-state index in [9.17, 15) is 14.4 Å².